The number of carbonyl (C=O) groups is 1. The van der Waals surface area contributed by atoms with Gasteiger partial charge in [-0.1, -0.05) is 12.1 Å². The third-order valence-electron chi connectivity index (χ3n) is 3.40. The van der Waals surface area contributed by atoms with Crippen LogP contribution in [0.3, 0.4) is 0 Å². The average molecular weight is 265 g/mol. The molecule has 0 bridgehead atoms. The Morgan fingerprint density at radius 2 is 2.37 bits per heavy atom. The van der Waals surface area contributed by atoms with Gasteiger partial charge in [-0.3, -0.25) is 9.69 Å². The van der Waals surface area contributed by atoms with Gasteiger partial charge in [-0.05, 0) is 30.5 Å². The molecule has 1 aromatic carbocycles. The van der Waals surface area contributed by atoms with Crippen LogP contribution in [0.25, 0.3) is 0 Å². The molecule has 0 aliphatic carbocycles. The topological polar surface area (TPSA) is 58.4 Å². The van der Waals surface area contributed by atoms with Gasteiger partial charge in [-0.2, -0.15) is 0 Å². The second kappa shape index (κ2) is 6.12. The van der Waals surface area contributed by atoms with Crippen molar-refractivity contribution in [1.29, 1.82) is 0 Å². The lowest BCUT2D eigenvalue weighted by molar-refractivity contribution is -0.122. The van der Waals surface area contributed by atoms with Crippen molar-refractivity contribution in [2.24, 2.45) is 5.73 Å². The number of nitrogens with two attached hydrogens (primary N) is 1. The minimum Gasteiger partial charge on any atom is -0.351 e. The van der Waals surface area contributed by atoms with Crippen LogP contribution in [-0.2, 0) is 11.3 Å². The van der Waals surface area contributed by atoms with E-state index < -0.39 is 0 Å². The Balaban J connectivity index is 1.78. The van der Waals surface area contributed by atoms with Crippen molar-refractivity contribution in [2.45, 2.75) is 25.9 Å². The molecular formula is C14H20FN3O. The zero-order valence-corrected chi connectivity index (χ0v) is 11.2. The minimum absolute atomic E-state index is 0.0462. The van der Waals surface area contributed by atoms with Crippen LogP contribution in [0.2, 0.25) is 0 Å². The monoisotopic (exact) mass is 265 g/mol. The summed E-state index contributed by atoms with van der Waals surface area (Å²) in [6.45, 7) is 4.08. The molecule has 0 spiro atoms. The van der Waals surface area contributed by atoms with Gasteiger partial charge in [0, 0.05) is 25.7 Å². The van der Waals surface area contributed by atoms with E-state index in [1.807, 2.05) is 11.0 Å². The van der Waals surface area contributed by atoms with Crippen LogP contribution in [0.15, 0.2) is 18.2 Å². The molecule has 1 fully saturated rings. The number of amides is 1. The summed E-state index contributed by atoms with van der Waals surface area (Å²) in [4.78, 5) is 13.8. The molecule has 1 saturated heterocycles. The first-order valence-electron chi connectivity index (χ1n) is 6.54. The lowest BCUT2D eigenvalue weighted by Crippen LogP contribution is -2.37. The largest absolute Gasteiger partial charge is 0.351 e. The van der Waals surface area contributed by atoms with Crippen molar-refractivity contribution in [2.75, 3.05) is 19.6 Å². The third-order valence-corrected chi connectivity index (χ3v) is 3.40. The Morgan fingerprint density at radius 3 is 3.00 bits per heavy atom. The zero-order chi connectivity index (χ0) is 13.8. The Morgan fingerprint density at radius 1 is 1.58 bits per heavy atom. The number of nitrogens with one attached hydrogen (secondary N) is 1. The predicted octanol–water partition coefficient (Wildman–Crippen LogP) is 0.783. The van der Waals surface area contributed by atoms with Gasteiger partial charge in [0.15, 0.2) is 0 Å². The summed E-state index contributed by atoms with van der Waals surface area (Å²) in [6.07, 6.45) is 0.941. The molecule has 104 valence electrons. The fraction of sp³-hybridized carbons (Fsp3) is 0.500. The molecule has 19 heavy (non-hydrogen) atoms. The second-order valence-electron chi connectivity index (χ2n) is 5.14. The smallest absolute Gasteiger partial charge is 0.234 e. The van der Waals surface area contributed by atoms with E-state index in [1.54, 1.807) is 13.0 Å². The Labute approximate surface area is 112 Å². The van der Waals surface area contributed by atoms with E-state index in [9.17, 15) is 9.18 Å². The lowest BCUT2D eigenvalue weighted by atomic mass is 10.1. The number of nitrogens with zero attached hydrogens (tertiary/aromatic N) is 1. The number of hydrogen-bond donors (Lipinski definition) is 2. The van der Waals surface area contributed by atoms with Gasteiger partial charge in [-0.15, -0.1) is 0 Å². The van der Waals surface area contributed by atoms with Gasteiger partial charge < -0.3 is 11.1 Å². The molecule has 1 amide bonds. The van der Waals surface area contributed by atoms with Gasteiger partial charge in [-0.25, -0.2) is 4.39 Å². The summed E-state index contributed by atoms with van der Waals surface area (Å²) >= 11 is 0. The van der Waals surface area contributed by atoms with E-state index in [-0.39, 0.29) is 17.8 Å². The molecule has 1 aliphatic heterocycles. The van der Waals surface area contributed by atoms with Crippen molar-refractivity contribution in [1.82, 2.24) is 10.2 Å². The molecule has 1 atom stereocenters. The maximum atomic E-state index is 13.3. The van der Waals surface area contributed by atoms with Crippen molar-refractivity contribution in [3.05, 3.63) is 35.1 Å². The Hall–Kier alpha value is -1.46. The average Bonchev–Trinajstić information content (AvgIpc) is 2.76. The molecule has 1 aromatic rings. The van der Waals surface area contributed by atoms with E-state index >= 15 is 0 Å². The van der Waals surface area contributed by atoms with Gasteiger partial charge in [0.1, 0.15) is 5.82 Å². The fourth-order valence-electron chi connectivity index (χ4n) is 2.21. The Kier molecular flexibility index (Phi) is 4.50. The maximum Gasteiger partial charge on any atom is 0.234 e. The van der Waals surface area contributed by atoms with Crippen LogP contribution in [-0.4, -0.2) is 36.5 Å². The molecule has 1 heterocycles. The molecule has 0 radical (unpaired) electrons. The number of rotatable bonds is 4. The number of benzene rings is 1. The molecule has 5 heteroatoms. The van der Waals surface area contributed by atoms with Gasteiger partial charge >= 0.3 is 0 Å². The maximum absolute atomic E-state index is 13.3. The van der Waals surface area contributed by atoms with Gasteiger partial charge in [0.2, 0.25) is 5.91 Å². The highest BCUT2D eigenvalue weighted by Gasteiger charge is 2.20. The quantitative estimate of drug-likeness (QED) is 0.846. The van der Waals surface area contributed by atoms with E-state index in [2.05, 4.69) is 5.32 Å². The summed E-state index contributed by atoms with van der Waals surface area (Å²) < 4.78 is 13.3. The third kappa shape index (κ3) is 4.01. The van der Waals surface area contributed by atoms with Crippen LogP contribution in [0.4, 0.5) is 4.39 Å². The molecule has 0 aromatic heterocycles. The predicted molar refractivity (Wildman–Crippen MR) is 72.0 cm³/mol. The first-order chi connectivity index (χ1) is 9.04. The van der Waals surface area contributed by atoms with E-state index in [0.717, 1.165) is 25.1 Å². The molecule has 0 unspecified atom stereocenters. The number of hydrogen-bond acceptors (Lipinski definition) is 3. The van der Waals surface area contributed by atoms with Crippen LogP contribution < -0.4 is 11.1 Å². The van der Waals surface area contributed by atoms with E-state index in [0.29, 0.717) is 18.7 Å². The summed E-state index contributed by atoms with van der Waals surface area (Å²) in [6, 6.07) is 5.18. The highest BCUT2D eigenvalue weighted by atomic mass is 19.1. The summed E-state index contributed by atoms with van der Waals surface area (Å²) in [7, 11) is 0. The first-order valence-corrected chi connectivity index (χ1v) is 6.54. The summed E-state index contributed by atoms with van der Waals surface area (Å²) in [5.41, 5.74) is 7.17. The van der Waals surface area contributed by atoms with Gasteiger partial charge in [0.05, 0.1) is 6.54 Å². The fourth-order valence-corrected chi connectivity index (χ4v) is 2.21. The summed E-state index contributed by atoms with van der Waals surface area (Å²) in [5, 5.41) is 2.80. The minimum atomic E-state index is -0.239. The van der Waals surface area contributed by atoms with Crippen LogP contribution >= 0.6 is 0 Å². The molecule has 0 saturated carbocycles. The zero-order valence-electron chi connectivity index (χ0n) is 11.2. The number of likely N-dealkylation sites (tertiary alicyclic amines) is 1. The van der Waals surface area contributed by atoms with Gasteiger partial charge in [0.25, 0.3) is 0 Å². The van der Waals surface area contributed by atoms with Crippen LogP contribution in [0.5, 0.6) is 0 Å². The van der Waals surface area contributed by atoms with E-state index in [1.165, 1.54) is 6.07 Å². The first kappa shape index (κ1) is 14.0. The number of halogens is 1. The normalized spacial score (nSPS) is 19.6. The number of carbonyl (C=O) groups excluding carboxylic acids is 1. The van der Waals surface area contributed by atoms with Crippen molar-refractivity contribution in [3.63, 3.8) is 0 Å². The molecular weight excluding hydrogens is 245 g/mol. The van der Waals surface area contributed by atoms with Crippen molar-refractivity contribution < 1.29 is 9.18 Å². The van der Waals surface area contributed by atoms with Crippen molar-refractivity contribution in [3.8, 4) is 0 Å². The standard InChI is InChI=1S/C14H20FN3O/c1-10-2-3-11(6-13(10)15)7-17-14(19)9-18-5-4-12(16)8-18/h2-3,6,12H,4-5,7-9,16H2,1H3,(H,17,19)/t12-/m1/s1. The second-order valence-corrected chi connectivity index (χ2v) is 5.14. The number of aryl methyl sites for hydroxylation is 1. The van der Waals surface area contributed by atoms with Crippen LogP contribution in [0, 0.1) is 12.7 Å². The lowest BCUT2D eigenvalue weighted by Gasteiger charge is -2.14. The molecule has 2 rings (SSSR count). The molecule has 3 N–H and O–H groups in total. The molecule has 1 aliphatic rings. The van der Waals surface area contributed by atoms with Crippen molar-refractivity contribution >= 4 is 5.91 Å². The Bertz CT molecular complexity index is 464. The van der Waals surface area contributed by atoms with Crippen LogP contribution in [0.1, 0.15) is 17.5 Å². The molecule has 4 nitrogen and oxygen atoms in total. The SMILES string of the molecule is Cc1ccc(CNC(=O)CN2CC[C@@H](N)C2)cc1F. The summed E-state index contributed by atoms with van der Waals surface area (Å²) in [5.74, 6) is -0.285. The highest BCUT2D eigenvalue weighted by Crippen LogP contribution is 2.09. The highest BCUT2D eigenvalue weighted by molar-refractivity contribution is 5.78. The van der Waals surface area contributed by atoms with E-state index in [4.69, 9.17) is 5.73 Å².